The average molecular weight is 433 g/mol. The van der Waals surface area contributed by atoms with Gasteiger partial charge in [-0.25, -0.2) is 8.42 Å². The van der Waals surface area contributed by atoms with Gasteiger partial charge in [0.2, 0.25) is 10.0 Å². The van der Waals surface area contributed by atoms with Gasteiger partial charge in [-0.2, -0.15) is 4.31 Å². The summed E-state index contributed by atoms with van der Waals surface area (Å²) in [4.78, 5) is 14.2. The number of hydrogen-bond acceptors (Lipinski definition) is 5. The number of amides is 1. The van der Waals surface area contributed by atoms with Crippen molar-refractivity contribution < 1.29 is 13.2 Å². The van der Waals surface area contributed by atoms with Crippen molar-refractivity contribution in [3.63, 3.8) is 0 Å². The molecular formula is C20H20N2O3S3. The van der Waals surface area contributed by atoms with Crippen LogP contribution in [0.3, 0.4) is 0 Å². The monoisotopic (exact) mass is 432 g/mol. The van der Waals surface area contributed by atoms with Crippen molar-refractivity contribution in [2.75, 3.05) is 6.54 Å². The van der Waals surface area contributed by atoms with Gasteiger partial charge in [-0.15, -0.1) is 29.3 Å². The van der Waals surface area contributed by atoms with Gasteiger partial charge in [-0.05, 0) is 41.1 Å². The highest BCUT2D eigenvalue weighted by Gasteiger charge is 2.26. The minimum absolute atomic E-state index is 0.104. The first-order chi connectivity index (χ1) is 13.5. The summed E-state index contributed by atoms with van der Waals surface area (Å²) < 4.78 is 28.2. The van der Waals surface area contributed by atoms with Crippen molar-refractivity contribution in [2.24, 2.45) is 0 Å². The van der Waals surface area contributed by atoms with Crippen molar-refractivity contribution >= 4 is 38.6 Å². The Bertz CT molecular complexity index is 990. The van der Waals surface area contributed by atoms with Gasteiger partial charge in [0.15, 0.2) is 0 Å². The Labute approximate surface area is 173 Å². The molecule has 0 aliphatic carbocycles. The lowest BCUT2D eigenvalue weighted by molar-refractivity contribution is 0.0958. The van der Waals surface area contributed by atoms with E-state index in [0.29, 0.717) is 12.1 Å². The van der Waals surface area contributed by atoms with Gasteiger partial charge in [0.05, 0.1) is 4.90 Å². The number of rotatable bonds is 9. The molecule has 0 bridgehead atoms. The molecule has 0 aliphatic rings. The van der Waals surface area contributed by atoms with Gasteiger partial charge >= 0.3 is 0 Å². The third-order valence-electron chi connectivity index (χ3n) is 3.97. The largest absolute Gasteiger partial charge is 0.349 e. The lowest BCUT2D eigenvalue weighted by Gasteiger charge is -2.21. The van der Waals surface area contributed by atoms with Gasteiger partial charge < -0.3 is 5.32 Å². The molecule has 1 amide bonds. The summed E-state index contributed by atoms with van der Waals surface area (Å²) in [5.74, 6) is -0.333. The molecule has 0 fully saturated rings. The minimum Gasteiger partial charge on any atom is -0.349 e. The van der Waals surface area contributed by atoms with Gasteiger partial charge in [-0.1, -0.05) is 24.3 Å². The number of thiophene rings is 2. The standard InChI is InChI=1S/C20H20N2O3S3/c1-2-10-21-20(23)16-6-3-9-19(13-16)28(24,25)22(14-17-7-4-11-26-17)15-18-8-5-12-27-18/h2-9,11-13H,1,10,14-15H2,(H,21,23). The van der Waals surface area contributed by atoms with E-state index in [-0.39, 0.29) is 23.9 Å². The molecule has 1 N–H and O–H groups in total. The molecule has 0 atom stereocenters. The molecule has 0 saturated heterocycles. The Morgan fingerprint density at radius 1 is 1.04 bits per heavy atom. The highest BCUT2D eigenvalue weighted by atomic mass is 32.2. The molecule has 0 spiro atoms. The molecule has 0 aliphatic heterocycles. The second-order valence-corrected chi connectivity index (χ2v) is 9.96. The van der Waals surface area contributed by atoms with Crippen molar-refractivity contribution in [3.8, 4) is 0 Å². The van der Waals surface area contributed by atoms with Crippen LogP contribution < -0.4 is 5.32 Å². The van der Waals surface area contributed by atoms with E-state index in [1.165, 1.54) is 39.1 Å². The minimum atomic E-state index is -3.78. The van der Waals surface area contributed by atoms with Gasteiger partial charge in [0.25, 0.3) is 5.91 Å². The van der Waals surface area contributed by atoms with Crippen LogP contribution in [0.2, 0.25) is 0 Å². The molecule has 1 aromatic carbocycles. The van der Waals surface area contributed by atoms with Crippen molar-refractivity contribution in [1.82, 2.24) is 9.62 Å². The third-order valence-corrected chi connectivity index (χ3v) is 7.48. The van der Waals surface area contributed by atoms with Crippen LogP contribution in [0.5, 0.6) is 0 Å². The Hall–Kier alpha value is -2.26. The number of nitrogens with one attached hydrogen (secondary N) is 1. The van der Waals surface area contributed by atoms with Crippen molar-refractivity contribution in [3.05, 3.63) is 87.3 Å². The van der Waals surface area contributed by atoms with E-state index in [1.807, 2.05) is 35.0 Å². The number of carbonyl (C=O) groups is 1. The Kier molecular flexibility index (Phi) is 6.79. The summed E-state index contributed by atoms with van der Waals surface area (Å²) in [5, 5.41) is 6.52. The lowest BCUT2D eigenvalue weighted by atomic mass is 10.2. The Morgan fingerprint density at radius 2 is 1.68 bits per heavy atom. The number of benzene rings is 1. The number of nitrogens with zero attached hydrogens (tertiary/aromatic N) is 1. The molecular weight excluding hydrogens is 412 g/mol. The third kappa shape index (κ3) is 4.96. The molecule has 0 saturated carbocycles. The van der Waals surface area contributed by atoms with Crippen LogP contribution in [-0.4, -0.2) is 25.2 Å². The number of carbonyl (C=O) groups excluding carboxylic acids is 1. The van der Waals surface area contributed by atoms with Crippen LogP contribution in [0, 0.1) is 0 Å². The van der Waals surface area contributed by atoms with E-state index in [4.69, 9.17) is 0 Å². The fraction of sp³-hybridized carbons (Fsp3) is 0.150. The van der Waals surface area contributed by atoms with Crippen molar-refractivity contribution in [1.29, 1.82) is 0 Å². The van der Waals surface area contributed by atoms with Gasteiger partial charge in [0, 0.05) is 35.0 Å². The molecule has 2 heterocycles. The maximum absolute atomic E-state index is 13.4. The molecule has 146 valence electrons. The highest BCUT2D eigenvalue weighted by Crippen LogP contribution is 2.25. The zero-order valence-corrected chi connectivity index (χ0v) is 17.5. The number of hydrogen-bond donors (Lipinski definition) is 1. The average Bonchev–Trinajstić information content (AvgIpc) is 3.40. The van der Waals surface area contributed by atoms with Gasteiger partial charge in [0.1, 0.15) is 0 Å². The number of sulfonamides is 1. The summed E-state index contributed by atoms with van der Waals surface area (Å²) >= 11 is 3.03. The molecule has 8 heteroatoms. The zero-order chi connectivity index (χ0) is 20.0. The SMILES string of the molecule is C=CCNC(=O)c1cccc(S(=O)(=O)N(Cc2cccs2)Cc2cccs2)c1. The maximum atomic E-state index is 13.4. The van der Waals surface area contributed by atoms with Crippen LogP contribution in [-0.2, 0) is 23.1 Å². The van der Waals surface area contributed by atoms with Crippen LogP contribution in [0.1, 0.15) is 20.1 Å². The Balaban J connectivity index is 1.91. The van der Waals surface area contributed by atoms with Gasteiger partial charge in [-0.3, -0.25) is 4.79 Å². The molecule has 5 nitrogen and oxygen atoms in total. The summed E-state index contributed by atoms with van der Waals surface area (Å²) in [7, 11) is -3.78. The van der Waals surface area contributed by atoms with Crippen LogP contribution in [0.15, 0.2) is 76.8 Å². The van der Waals surface area contributed by atoms with E-state index in [0.717, 1.165) is 9.75 Å². The first-order valence-corrected chi connectivity index (χ1v) is 11.7. The van der Waals surface area contributed by atoms with Crippen LogP contribution >= 0.6 is 22.7 Å². The lowest BCUT2D eigenvalue weighted by Crippen LogP contribution is -2.30. The molecule has 3 rings (SSSR count). The molecule has 28 heavy (non-hydrogen) atoms. The van der Waals surface area contributed by atoms with E-state index in [9.17, 15) is 13.2 Å². The normalized spacial score (nSPS) is 11.5. The summed E-state index contributed by atoms with van der Waals surface area (Å²) in [6.45, 7) is 4.45. The topological polar surface area (TPSA) is 66.5 Å². The van der Waals surface area contributed by atoms with E-state index >= 15 is 0 Å². The first-order valence-electron chi connectivity index (χ1n) is 8.55. The molecule has 2 aromatic heterocycles. The summed E-state index contributed by atoms with van der Waals surface area (Å²) in [6, 6.07) is 13.8. The smallest absolute Gasteiger partial charge is 0.251 e. The second kappa shape index (κ2) is 9.29. The first kappa shape index (κ1) is 20.5. The van der Waals surface area contributed by atoms with Crippen LogP contribution in [0.4, 0.5) is 0 Å². The van der Waals surface area contributed by atoms with Crippen molar-refractivity contribution in [2.45, 2.75) is 18.0 Å². The summed E-state index contributed by atoms with van der Waals surface area (Å²) in [6.07, 6.45) is 1.57. The highest BCUT2D eigenvalue weighted by molar-refractivity contribution is 7.89. The molecule has 0 unspecified atom stereocenters. The van der Waals surface area contributed by atoms with E-state index in [1.54, 1.807) is 18.2 Å². The molecule has 0 radical (unpaired) electrons. The zero-order valence-electron chi connectivity index (χ0n) is 15.1. The Morgan fingerprint density at radius 3 is 2.21 bits per heavy atom. The predicted octanol–water partition coefficient (Wildman–Crippen LogP) is 4.12. The predicted molar refractivity (Wildman–Crippen MR) is 114 cm³/mol. The second-order valence-electron chi connectivity index (χ2n) is 5.96. The van der Waals surface area contributed by atoms with E-state index in [2.05, 4.69) is 11.9 Å². The quantitative estimate of drug-likeness (QED) is 0.517. The molecule has 3 aromatic rings. The van der Waals surface area contributed by atoms with E-state index < -0.39 is 10.0 Å². The fourth-order valence-corrected chi connectivity index (χ4v) is 5.64. The van der Waals surface area contributed by atoms with Crippen LogP contribution in [0.25, 0.3) is 0 Å². The maximum Gasteiger partial charge on any atom is 0.251 e. The fourth-order valence-electron chi connectivity index (χ4n) is 2.59. The summed E-state index contributed by atoms with van der Waals surface area (Å²) in [5.41, 5.74) is 0.301.